The van der Waals surface area contributed by atoms with E-state index in [-0.39, 0.29) is 23.1 Å². The molecule has 0 spiro atoms. The van der Waals surface area contributed by atoms with Gasteiger partial charge in [0.2, 0.25) is 15.9 Å². The van der Waals surface area contributed by atoms with Crippen LogP contribution < -0.4 is 10.0 Å². The zero-order chi connectivity index (χ0) is 14.4. The Kier molecular flexibility index (Phi) is 3.63. The molecule has 0 aliphatic carbocycles. The van der Waals surface area contributed by atoms with Crippen LogP contribution in [0.15, 0.2) is 16.6 Å². The molecule has 1 atom stereocenters. The predicted molar refractivity (Wildman–Crippen MR) is 67.9 cm³/mol. The summed E-state index contributed by atoms with van der Waals surface area (Å²) in [6.45, 7) is -0.243. The van der Waals surface area contributed by atoms with E-state index in [9.17, 15) is 22.0 Å². The van der Waals surface area contributed by atoms with Crippen molar-refractivity contribution < 1.29 is 22.0 Å². The molecule has 1 heterocycles. The van der Waals surface area contributed by atoms with Crippen LogP contribution in [0.25, 0.3) is 0 Å². The van der Waals surface area contributed by atoms with E-state index in [0.29, 0.717) is 6.07 Å². The van der Waals surface area contributed by atoms with Crippen molar-refractivity contribution in [2.24, 2.45) is 5.14 Å². The second kappa shape index (κ2) is 4.80. The maximum absolute atomic E-state index is 13.6. The number of benzene rings is 1. The molecule has 1 amide bonds. The van der Waals surface area contributed by atoms with Gasteiger partial charge in [-0.25, -0.2) is 22.3 Å². The number of carbonyl (C=O) groups excluding carboxylic acids is 1. The smallest absolute Gasteiger partial charge is 0.228 e. The first kappa shape index (κ1) is 14.4. The summed E-state index contributed by atoms with van der Waals surface area (Å²) >= 11 is 2.88. The molecule has 104 valence electrons. The molecule has 0 bridgehead atoms. The van der Waals surface area contributed by atoms with Gasteiger partial charge in [0.1, 0.15) is 16.9 Å². The van der Waals surface area contributed by atoms with Crippen LogP contribution >= 0.6 is 15.9 Å². The van der Waals surface area contributed by atoms with Crippen LogP contribution in [0.2, 0.25) is 0 Å². The van der Waals surface area contributed by atoms with Gasteiger partial charge in [-0.15, -0.1) is 0 Å². The minimum Gasteiger partial charge on any atom is -0.308 e. The Morgan fingerprint density at radius 3 is 2.47 bits per heavy atom. The molecule has 0 radical (unpaired) electrons. The molecule has 2 N–H and O–H groups in total. The molecule has 0 saturated carbocycles. The molecule has 2 rings (SSSR count). The topological polar surface area (TPSA) is 80.5 Å². The highest BCUT2D eigenvalue weighted by Gasteiger charge is 2.38. The molecule has 1 aromatic rings. The van der Waals surface area contributed by atoms with Crippen LogP contribution in [0.5, 0.6) is 0 Å². The lowest BCUT2D eigenvalue weighted by atomic mass is 10.2. The van der Waals surface area contributed by atoms with Gasteiger partial charge in [0.15, 0.2) is 0 Å². The van der Waals surface area contributed by atoms with Crippen LogP contribution in [0.4, 0.5) is 14.5 Å². The molecule has 5 nitrogen and oxygen atoms in total. The van der Waals surface area contributed by atoms with Crippen molar-refractivity contribution in [2.45, 2.75) is 11.7 Å². The van der Waals surface area contributed by atoms with Gasteiger partial charge in [-0.2, -0.15) is 0 Å². The van der Waals surface area contributed by atoms with Gasteiger partial charge in [0, 0.05) is 19.0 Å². The number of rotatable bonds is 2. The number of halogens is 3. The van der Waals surface area contributed by atoms with Gasteiger partial charge >= 0.3 is 0 Å². The molecule has 1 saturated heterocycles. The molecule has 1 aliphatic rings. The summed E-state index contributed by atoms with van der Waals surface area (Å²) in [4.78, 5) is 12.7. The first-order valence-electron chi connectivity index (χ1n) is 5.16. The maximum Gasteiger partial charge on any atom is 0.228 e. The van der Waals surface area contributed by atoms with Gasteiger partial charge in [0.05, 0.1) is 10.2 Å². The van der Waals surface area contributed by atoms with E-state index < -0.39 is 32.8 Å². The van der Waals surface area contributed by atoms with E-state index >= 15 is 0 Å². The Bertz CT molecular complexity index is 650. The number of primary sulfonamides is 1. The summed E-state index contributed by atoms with van der Waals surface area (Å²) in [5, 5.41) is 3.89. The van der Waals surface area contributed by atoms with Crippen molar-refractivity contribution in [1.29, 1.82) is 0 Å². The summed E-state index contributed by atoms with van der Waals surface area (Å²) in [6.07, 6.45) is -0.312. The Labute approximate surface area is 116 Å². The minimum atomic E-state index is -3.88. The lowest BCUT2D eigenvalue weighted by Crippen LogP contribution is -2.32. The third kappa shape index (κ3) is 2.77. The average Bonchev–Trinajstić information content (AvgIpc) is 2.65. The van der Waals surface area contributed by atoms with Crippen molar-refractivity contribution >= 4 is 37.5 Å². The number of nitrogens with two attached hydrogens (primary N) is 1. The van der Waals surface area contributed by atoms with Crippen molar-refractivity contribution in [3.05, 3.63) is 28.2 Å². The van der Waals surface area contributed by atoms with Gasteiger partial charge in [-0.1, -0.05) is 0 Å². The molecule has 1 aromatic carbocycles. The molecular formula is C10H9BrF2N2O3S. The van der Waals surface area contributed by atoms with Crippen molar-refractivity contribution in [3.63, 3.8) is 0 Å². The standard InChI is InChI=1S/C10H9BrF2N2O3S/c11-6-2-9(8(13)3-7(6)12)15-4-5(1-10(15)16)19(14,17)18/h2-3,5H,1,4H2,(H2,14,17,18). The second-order valence-corrected chi connectivity index (χ2v) is 6.84. The number of anilines is 1. The lowest BCUT2D eigenvalue weighted by molar-refractivity contribution is -0.117. The van der Waals surface area contributed by atoms with Crippen LogP contribution in [0.3, 0.4) is 0 Å². The highest BCUT2D eigenvalue weighted by atomic mass is 79.9. The van der Waals surface area contributed by atoms with Crippen LogP contribution in [0, 0.1) is 11.6 Å². The highest BCUT2D eigenvalue weighted by molar-refractivity contribution is 9.10. The molecule has 1 unspecified atom stereocenters. The number of sulfonamides is 1. The van der Waals surface area contributed by atoms with Crippen molar-refractivity contribution in [3.8, 4) is 0 Å². The van der Waals surface area contributed by atoms with E-state index in [1.165, 1.54) is 0 Å². The number of hydrogen-bond donors (Lipinski definition) is 1. The monoisotopic (exact) mass is 354 g/mol. The minimum absolute atomic E-state index is 0.0178. The van der Waals surface area contributed by atoms with E-state index in [1.807, 2.05) is 0 Å². The number of hydrogen-bond acceptors (Lipinski definition) is 3. The normalized spacial score (nSPS) is 20.1. The van der Waals surface area contributed by atoms with Gasteiger partial charge < -0.3 is 4.90 Å². The maximum atomic E-state index is 13.6. The fourth-order valence-electron chi connectivity index (χ4n) is 1.85. The van der Waals surface area contributed by atoms with E-state index in [1.54, 1.807) is 0 Å². The molecule has 1 fully saturated rings. The first-order chi connectivity index (χ1) is 8.70. The molecular weight excluding hydrogens is 346 g/mol. The molecule has 9 heteroatoms. The molecule has 0 aromatic heterocycles. The third-order valence-corrected chi connectivity index (χ3v) is 4.69. The van der Waals surface area contributed by atoms with Gasteiger partial charge in [0.25, 0.3) is 0 Å². The quantitative estimate of drug-likeness (QED) is 0.808. The summed E-state index contributed by atoms with van der Waals surface area (Å²) < 4.78 is 49.1. The van der Waals surface area contributed by atoms with E-state index in [0.717, 1.165) is 11.0 Å². The first-order valence-corrected chi connectivity index (χ1v) is 7.57. The SMILES string of the molecule is NS(=O)(=O)C1CC(=O)N(c2cc(Br)c(F)cc2F)C1. The highest BCUT2D eigenvalue weighted by Crippen LogP contribution is 2.30. The Balaban J connectivity index is 2.39. The average molecular weight is 355 g/mol. The number of amides is 1. The summed E-state index contributed by atoms with van der Waals surface area (Å²) in [6, 6.07) is 1.71. The van der Waals surface area contributed by atoms with Gasteiger partial charge in [-0.05, 0) is 22.0 Å². The Morgan fingerprint density at radius 2 is 1.95 bits per heavy atom. The largest absolute Gasteiger partial charge is 0.308 e. The third-order valence-electron chi connectivity index (χ3n) is 2.83. The second-order valence-electron chi connectivity index (χ2n) is 4.14. The van der Waals surface area contributed by atoms with Crippen LogP contribution in [-0.2, 0) is 14.8 Å². The zero-order valence-corrected chi connectivity index (χ0v) is 11.8. The fourth-order valence-corrected chi connectivity index (χ4v) is 2.91. The summed E-state index contributed by atoms with van der Waals surface area (Å²) in [5.74, 6) is -2.32. The Morgan fingerprint density at radius 1 is 1.32 bits per heavy atom. The number of nitrogens with zero attached hydrogens (tertiary/aromatic N) is 1. The molecule has 1 aliphatic heterocycles. The van der Waals surface area contributed by atoms with Crippen LogP contribution in [0.1, 0.15) is 6.42 Å². The van der Waals surface area contributed by atoms with Crippen LogP contribution in [-0.4, -0.2) is 26.1 Å². The van der Waals surface area contributed by atoms with E-state index in [4.69, 9.17) is 5.14 Å². The fraction of sp³-hybridized carbons (Fsp3) is 0.300. The zero-order valence-electron chi connectivity index (χ0n) is 9.44. The van der Waals surface area contributed by atoms with Gasteiger partial charge in [-0.3, -0.25) is 4.79 Å². The predicted octanol–water partition coefficient (Wildman–Crippen LogP) is 1.12. The van der Waals surface area contributed by atoms with Crippen molar-refractivity contribution in [2.75, 3.05) is 11.4 Å². The summed E-state index contributed by atoms with van der Waals surface area (Å²) in [7, 11) is -3.88. The summed E-state index contributed by atoms with van der Waals surface area (Å²) in [5.41, 5.74) is -0.176. The Hall–Kier alpha value is -1.06. The van der Waals surface area contributed by atoms with E-state index in [2.05, 4.69) is 15.9 Å². The molecule has 19 heavy (non-hydrogen) atoms. The number of carbonyl (C=O) groups is 1. The van der Waals surface area contributed by atoms with Crippen molar-refractivity contribution in [1.82, 2.24) is 0 Å². The lowest BCUT2D eigenvalue weighted by Gasteiger charge is -2.17.